The number of carbonyl (C=O) groups excluding carboxylic acids is 4. The van der Waals surface area contributed by atoms with Gasteiger partial charge in [0, 0.05) is 23.1 Å². The van der Waals surface area contributed by atoms with E-state index in [1.165, 1.54) is 0 Å². The molecule has 0 spiro atoms. The summed E-state index contributed by atoms with van der Waals surface area (Å²) in [5.74, 6) is -3.22. The lowest BCUT2D eigenvalue weighted by Crippen LogP contribution is -2.46. The number of hydrogen-bond acceptors (Lipinski definition) is 5. The van der Waals surface area contributed by atoms with Crippen LogP contribution in [0.15, 0.2) is 48.5 Å². The van der Waals surface area contributed by atoms with Gasteiger partial charge in [-0.15, -0.1) is 0 Å². The Morgan fingerprint density at radius 1 is 0.944 bits per heavy atom. The Kier molecular flexibility index (Phi) is 8.61. The van der Waals surface area contributed by atoms with Crippen molar-refractivity contribution in [3.8, 4) is 0 Å². The molecule has 7 nitrogen and oxygen atoms in total. The molecule has 3 aromatic rings. The summed E-state index contributed by atoms with van der Waals surface area (Å²) in [6.45, 7) is 5.58. The quantitative estimate of drug-likeness (QED) is 0.399. The third kappa shape index (κ3) is 6.36. The van der Waals surface area contributed by atoms with E-state index in [0.717, 1.165) is 21.8 Å². The zero-order valence-corrected chi connectivity index (χ0v) is 21.2. The fraction of sp³-hybridized carbons (Fsp3) is 0.429. The Bertz CT molecular complexity index is 1220. The summed E-state index contributed by atoms with van der Waals surface area (Å²) in [4.78, 5) is 51.1. The van der Waals surface area contributed by atoms with Gasteiger partial charge in [-0.25, -0.2) is 4.39 Å². The zero-order chi connectivity index (χ0) is 26.5. The van der Waals surface area contributed by atoms with Crippen LogP contribution in [0.4, 0.5) is 4.39 Å². The second-order valence-electron chi connectivity index (χ2n) is 9.90. The normalized spacial score (nSPS) is 13.4. The molecule has 0 radical (unpaired) electrons. The number of nitrogens with zero attached hydrogens (tertiary/aromatic N) is 1. The largest absolute Gasteiger partial charge is 0.460 e. The highest BCUT2D eigenvalue weighted by Crippen LogP contribution is 2.29. The van der Waals surface area contributed by atoms with Gasteiger partial charge in [0.15, 0.2) is 5.78 Å². The summed E-state index contributed by atoms with van der Waals surface area (Å²) < 4.78 is 20.0. The number of aromatic nitrogens is 1. The Balaban J connectivity index is 1.83. The Hall–Kier alpha value is -3.55. The van der Waals surface area contributed by atoms with Gasteiger partial charge in [0.1, 0.15) is 18.3 Å². The average Bonchev–Trinajstić information content (AvgIpc) is 3.16. The molecule has 2 atom stereocenters. The number of Topliss-reactive ketones (excluding diaryl/α,β-unsaturated/α-hetero) is 1. The SMILES string of the molecule is CCC[C@H](CC(=O)n1c2ccccc2c2ccccc21)C(=O)NC(CC(=O)OC(C)(C)C)C(=O)CF. The summed E-state index contributed by atoms with van der Waals surface area (Å²) in [6.07, 6.45) is 0.417. The van der Waals surface area contributed by atoms with Gasteiger partial charge in [0.05, 0.1) is 17.5 Å². The van der Waals surface area contributed by atoms with Crippen LogP contribution in [0, 0.1) is 5.92 Å². The number of rotatable bonds is 10. The van der Waals surface area contributed by atoms with E-state index in [0.29, 0.717) is 12.8 Å². The molecule has 1 unspecified atom stereocenters. The van der Waals surface area contributed by atoms with Gasteiger partial charge in [-0.05, 0) is 39.3 Å². The molecule has 1 heterocycles. The minimum absolute atomic E-state index is 0.106. The van der Waals surface area contributed by atoms with Gasteiger partial charge >= 0.3 is 5.97 Å². The van der Waals surface area contributed by atoms with Crippen molar-refractivity contribution in [2.75, 3.05) is 6.67 Å². The van der Waals surface area contributed by atoms with E-state index in [4.69, 9.17) is 4.74 Å². The molecule has 1 aromatic heterocycles. The third-order valence-corrected chi connectivity index (χ3v) is 5.89. The predicted octanol–water partition coefficient (Wildman–Crippen LogP) is 5.00. The van der Waals surface area contributed by atoms with Crippen LogP contribution in [0.3, 0.4) is 0 Å². The Morgan fingerprint density at radius 3 is 2.00 bits per heavy atom. The number of amides is 1. The Morgan fingerprint density at radius 2 is 1.50 bits per heavy atom. The van der Waals surface area contributed by atoms with Crippen molar-refractivity contribution in [2.45, 2.75) is 65.0 Å². The predicted molar refractivity (Wildman–Crippen MR) is 136 cm³/mol. The summed E-state index contributed by atoms with van der Waals surface area (Å²) in [6, 6.07) is 13.8. The van der Waals surface area contributed by atoms with E-state index in [1.807, 2.05) is 55.5 Å². The number of para-hydroxylation sites is 2. The van der Waals surface area contributed by atoms with Crippen LogP contribution in [0.1, 0.15) is 58.2 Å². The van der Waals surface area contributed by atoms with Crippen LogP contribution in [0.5, 0.6) is 0 Å². The van der Waals surface area contributed by atoms with Crippen LogP contribution in [-0.4, -0.2) is 46.5 Å². The number of esters is 1. The molecule has 0 fully saturated rings. The van der Waals surface area contributed by atoms with Gasteiger partial charge in [-0.2, -0.15) is 0 Å². The van der Waals surface area contributed by atoms with Crippen molar-refractivity contribution in [1.82, 2.24) is 9.88 Å². The highest BCUT2D eigenvalue weighted by atomic mass is 19.1. The molecular weight excluding hydrogens is 463 g/mol. The monoisotopic (exact) mass is 496 g/mol. The van der Waals surface area contributed by atoms with E-state index < -0.39 is 48.3 Å². The van der Waals surface area contributed by atoms with Crippen molar-refractivity contribution in [3.05, 3.63) is 48.5 Å². The first-order chi connectivity index (χ1) is 17.1. The number of halogens is 1. The molecule has 36 heavy (non-hydrogen) atoms. The Labute approximate surface area is 210 Å². The zero-order valence-electron chi connectivity index (χ0n) is 21.2. The number of ether oxygens (including phenoxy) is 1. The highest BCUT2D eigenvalue weighted by molar-refractivity contribution is 6.13. The number of ketones is 1. The minimum Gasteiger partial charge on any atom is -0.460 e. The van der Waals surface area contributed by atoms with E-state index in [1.54, 1.807) is 25.3 Å². The van der Waals surface area contributed by atoms with Gasteiger partial charge < -0.3 is 10.1 Å². The van der Waals surface area contributed by atoms with Gasteiger partial charge in [0.25, 0.3) is 0 Å². The molecule has 0 bridgehead atoms. The van der Waals surface area contributed by atoms with Crippen molar-refractivity contribution in [2.24, 2.45) is 5.92 Å². The fourth-order valence-corrected chi connectivity index (χ4v) is 4.35. The van der Waals surface area contributed by atoms with Crippen LogP contribution >= 0.6 is 0 Å². The van der Waals surface area contributed by atoms with Crippen molar-refractivity contribution in [3.63, 3.8) is 0 Å². The summed E-state index contributed by atoms with van der Waals surface area (Å²) in [5.41, 5.74) is 0.702. The maximum absolute atomic E-state index is 13.5. The number of benzene rings is 2. The molecule has 0 saturated carbocycles. The number of carbonyl (C=O) groups is 4. The van der Waals surface area contributed by atoms with Gasteiger partial charge in [0.2, 0.25) is 11.8 Å². The molecule has 0 aliphatic heterocycles. The molecule has 0 aliphatic rings. The lowest BCUT2D eigenvalue weighted by molar-refractivity contribution is -0.156. The molecule has 8 heteroatoms. The molecule has 0 aliphatic carbocycles. The van der Waals surface area contributed by atoms with Crippen LogP contribution in [0.25, 0.3) is 21.8 Å². The lowest BCUT2D eigenvalue weighted by Gasteiger charge is -2.23. The molecule has 2 aromatic carbocycles. The lowest BCUT2D eigenvalue weighted by atomic mass is 9.97. The summed E-state index contributed by atoms with van der Waals surface area (Å²) in [5, 5.41) is 4.37. The second kappa shape index (κ2) is 11.5. The molecule has 1 amide bonds. The van der Waals surface area contributed by atoms with E-state index in [-0.39, 0.29) is 12.3 Å². The topological polar surface area (TPSA) is 94.5 Å². The first kappa shape index (κ1) is 27.0. The second-order valence-corrected chi connectivity index (χ2v) is 9.90. The highest BCUT2D eigenvalue weighted by Gasteiger charge is 2.30. The molecule has 3 rings (SSSR count). The van der Waals surface area contributed by atoms with Gasteiger partial charge in [-0.1, -0.05) is 49.7 Å². The number of alkyl halides is 1. The standard InChI is InChI=1S/C28H33FN2O5/c1-5-10-18(27(35)30-21(24(32)17-29)16-26(34)36-28(2,3)4)15-25(33)31-22-13-8-6-11-19(22)20-12-7-9-14-23(20)31/h6-9,11-14,18,21H,5,10,15-17H2,1-4H3,(H,30,35)/t18-,21?/m1/s1. The van der Waals surface area contributed by atoms with E-state index >= 15 is 0 Å². The van der Waals surface area contributed by atoms with Crippen molar-refractivity contribution in [1.29, 1.82) is 0 Å². The maximum Gasteiger partial charge on any atom is 0.308 e. The van der Waals surface area contributed by atoms with E-state index in [2.05, 4.69) is 5.32 Å². The average molecular weight is 497 g/mol. The summed E-state index contributed by atoms with van der Waals surface area (Å²) >= 11 is 0. The fourth-order valence-electron chi connectivity index (χ4n) is 4.35. The van der Waals surface area contributed by atoms with Crippen LogP contribution in [0.2, 0.25) is 0 Å². The van der Waals surface area contributed by atoms with E-state index in [9.17, 15) is 23.6 Å². The van der Waals surface area contributed by atoms with Crippen LogP contribution in [-0.2, 0) is 19.1 Å². The first-order valence-corrected chi connectivity index (χ1v) is 12.2. The smallest absolute Gasteiger partial charge is 0.308 e. The molecular formula is C28H33FN2O5. The molecule has 0 saturated heterocycles. The first-order valence-electron chi connectivity index (χ1n) is 12.2. The third-order valence-electron chi connectivity index (χ3n) is 5.89. The molecule has 1 N–H and O–H groups in total. The van der Waals surface area contributed by atoms with Crippen molar-refractivity contribution >= 4 is 45.4 Å². The molecule has 192 valence electrons. The number of hydrogen-bond donors (Lipinski definition) is 1. The van der Waals surface area contributed by atoms with Crippen molar-refractivity contribution < 1.29 is 28.3 Å². The summed E-state index contributed by atoms with van der Waals surface area (Å²) in [7, 11) is 0. The van der Waals surface area contributed by atoms with Crippen LogP contribution < -0.4 is 5.32 Å². The van der Waals surface area contributed by atoms with Gasteiger partial charge in [-0.3, -0.25) is 23.7 Å². The number of nitrogens with one attached hydrogen (secondary N) is 1. The maximum atomic E-state index is 13.5. The number of fused-ring (bicyclic) bond motifs is 3. The minimum atomic E-state index is -1.36.